The van der Waals surface area contributed by atoms with E-state index in [-0.39, 0.29) is 24.3 Å². The van der Waals surface area contributed by atoms with Crippen molar-refractivity contribution in [3.63, 3.8) is 0 Å². The molecule has 0 radical (unpaired) electrons. The SMILES string of the molecule is O=C(c1ccc(N2CCCC2=O)cc1)N1CCOC[C@@H](CO)C1. The van der Waals surface area contributed by atoms with Gasteiger partial charge < -0.3 is 19.6 Å². The quantitative estimate of drug-likeness (QED) is 0.899. The van der Waals surface area contributed by atoms with E-state index in [1.165, 1.54) is 0 Å². The van der Waals surface area contributed by atoms with E-state index in [1.54, 1.807) is 21.9 Å². The molecule has 2 saturated heterocycles. The third-order valence-corrected chi connectivity index (χ3v) is 4.38. The zero-order valence-electron chi connectivity index (χ0n) is 13.1. The maximum absolute atomic E-state index is 12.6. The van der Waals surface area contributed by atoms with Gasteiger partial charge in [0.1, 0.15) is 0 Å². The molecule has 2 aliphatic heterocycles. The zero-order valence-corrected chi connectivity index (χ0v) is 13.1. The Morgan fingerprint density at radius 3 is 2.70 bits per heavy atom. The molecule has 0 spiro atoms. The van der Waals surface area contributed by atoms with Crippen LogP contribution >= 0.6 is 0 Å². The van der Waals surface area contributed by atoms with E-state index >= 15 is 0 Å². The molecule has 0 unspecified atom stereocenters. The largest absolute Gasteiger partial charge is 0.396 e. The monoisotopic (exact) mass is 318 g/mol. The summed E-state index contributed by atoms with van der Waals surface area (Å²) < 4.78 is 5.41. The molecule has 6 nitrogen and oxygen atoms in total. The minimum absolute atomic E-state index is 0.0137. The maximum atomic E-state index is 12.6. The van der Waals surface area contributed by atoms with Crippen molar-refractivity contribution in [3.8, 4) is 0 Å². The minimum Gasteiger partial charge on any atom is -0.396 e. The first-order valence-corrected chi connectivity index (χ1v) is 8.07. The van der Waals surface area contributed by atoms with Gasteiger partial charge in [0.05, 0.1) is 13.2 Å². The highest BCUT2D eigenvalue weighted by atomic mass is 16.5. The molecule has 0 aliphatic carbocycles. The lowest BCUT2D eigenvalue weighted by atomic mass is 10.1. The molecule has 2 aliphatic rings. The summed E-state index contributed by atoms with van der Waals surface area (Å²) >= 11 is 0. The standard InChI is InChI=1S/C17H22N2O4/c20-11-13-10-18(8-9-23-12-13)17(22)14-3-5-15(6-4-14)19-7-1-2-16(19)21/h3-6,13,20H,1-2,7-12H2/t13-/m1/s1. The molecule has 1 atom stereocenters. The van der Waals surface area contributed by atoms with Gasteiger partial charge in [0.15, 0.2) is 0 Å². The van der Waals surface area contributed by atoms with Crippen LogP contribution in [0.5, 0.6) is 0 Å². The van der Waals surface area contributed by atoms with Gasteiger partial charge in [-0.25, -0.2) is 0 Å². The van der Waals surface area contributed by atoms with Crippen LogP contribution in [0.4, 0.5) is 5.69 Å². The van der Waals surface area contributed by atoms with Gasteiger partial charge in [-0.3, -0.25) is 9.59 Å². The molecule has 2 fully saturated rings. The number of carbonyl (C=O) groups excluding carboxylic acids is 2. The van der Waals surface area contributed by atoms with Crippen LogP contribution in [0.15, 0.2) is 24.3 Å². The third-order valence-electron chi connectivity index (χ3n) is 4.38. The number of amides is 2. The van der Waals surface area contributed by atoms with Gasteiger partial charge in [-0.15, -0.1) is 0 Å². The second kappa shape index (κ2) is 7.10. The van der Waals surface area contributed by atoms with Crippen LogP contribution in [0.3, 0.4) is 0 Å². The Labute approximate surface area is 135 Å². The Bertz CT molecular complexity index is 572. The fourth-order valence-corrected chi connectivity index (χ4v) is 3.06. The summed E-state index contributed by atoms with van der Waals surface area (Å²) in [6, 6.07) is 7.19. The van der Waals surface area contributed by atoms with Gasteiger partial charge in [-0.1, -0.05) is 0 Å². The smallest absolute Gasteiger partial charge is 0.253 e. The van der Waals surface area contributed by atoms with Crippen LogP contribution in [-0.2, 0) is 9.53 Å². The van der Waals surface area contributed by atoms with E-state index in [0.717, 1.165) is 18.7 Å². The Hall–Kier alpha value is -1.92. The van der Waals surface area contributed by atoms with E-state index in [2.05, 4.69) is 0 Å². The summed E-state index contributed by atoms with van der Waals surface area (Å²) in [7, 11) is 0. The van der Waals surface area contributed by atoms with E-state index in [4.69, 9.17) is 4.74 Å². The Morgan fingerprint density at radius 2 is 2.04 bits per heavy atom. The van der Waals surface area contributed by atoms with Crippen LogP contribution in [-0.4, -0.2) is 61.3 Å². The number of aliphatic hydroxyl groups is 1. The predicted octanol–water partition coefficient (Wildman–Crippen LogP) is 0.894. The molecule has 0 bridgehead atoms. The Morgan fingerprint density at radius 1 is 1.26 bits per heavy atom. The first kappa shape index (κ1) is 16.0. The molecule has 0 aromatic heterocycles. The van der Waals surface area contributed by atoms with Crippen LogP contribution in [0, 0.1) is 5.92 Å². The van der Waals surface area contributed by atoms with Crippen molar-refractivity contribution in [1.29, 1.82) is 0 Å². The Balaban J connectivity index is 1.70. The number of aliphatic hydroxyl groups excluding tert-OH is 1. The predicted molar refractivity (Wildman–Crippen MR) is 85.3 cm³/mol. The molecule has 23 heavy (non-hydrogen) atoms. The van der Waals surface area contributed by atoms with E-state index < -0.39 is 0 Å². The molecular weight excluding hydrogens is 296 g/mol. The summed E-state index contributed by atoms with van der Waals surface area (Å²) in [4.78, 5) is 27.9. The third kappa shape index (κ3) is 3.54. The van der Waals surface area contributed by atoms with Crippen LogP contribution in [0.25, 0.3) is 0 Å². The van der Waals surface area contributed by atoms with Gasteiger partial charge in [-0.2, -0.15) is 0 Å². The minimum atomic E-state index is -0.0618. The number of carbonyl (C=O) groups is 2. The van der Waals surface area contributed by atoms with Gasteiger partial charge in [0.25, 0.3) is 5.91 Å². The van der Waals surface area contributed by atoms with Crippen molar-refractivity contribution in [3.05, 3.63) is 29.8 Å². The van der Waals surface area contributed by atoms with Crippen molar-refractivity contribution in [2.75, 3.05) is 44.4 Å². The second-order valence-corrected chi connectivity index (χ2v) is 6.07. The van der Waals surface area contributed by atoms with Gasteiger partial charge in [-0.05, 0) is 30.7 Å². The van der Waals surface area contributed by atoms with Crippen molar-refractivity contribution in [2.45, 2.75) is 12.8 Å². The molecule has 0 saturated carbocycles. The number of hydrogen-bond acceptors (Lipinski definition) is 4. The highest BCUT2D eigenvalue weighted by Crippen LogP contribution is 2.22. The number of hydrogen-bond donors (Lipinski definition) is 1. The molecule has 6 heteroatoms. The number of rotatable bonds is 3. The summed E-state index contributed by atoms with van der Waals surface area (Å²) in [5, 5.41) is 9.31. The number of benzene rings is 1. The normalized spacial score (nSPS) is 22.3. The average molecular weight is 318 g/mol. The molecule has 3 rings (SSSR count). The fraction of sp³-hybridized carbons (Fsp3) is 0.529. The van der Waals surface area contributed by atoms with E-state index in [0.29, 0.717) is 38.3 Å². The molecule has 1 aromatic carbocycles. The number of nitrogens with zero attached hydrogens (tertiary/aromatic N) is 2. The zero-order chi connectivity index (χ0) is 16.2. The first-order chi connectivity index (χ1) is 11.2. The molecular formula is C17H22N2O4. The maximum Gasteiger partial charge on any atom is 0.253 e. The average Bonchev–Trinajstić information content (AvgIpc) is 2.86. The summed E-state index contributed by atoms with van der Waals surface area (Å²) in [6.45, 7) is 2.76. The molecule has 124 valence electrons. The lowest BCUT2D eigenvalue weighted by Gasteiger charge is -2.23. The van der Waals surface area contributed by atoms with Crippen LogP contribution in [0.2, 0.25) is 0 Å². The Kier molecular flexibility index (Phi) is 4.93. The lowest BCUT2D eigenvalue weighted by molar-refractivity contribution is -0.117. The summed E-state index contributed by atoms with van der Waals surface area (Å²) in [5.41, 5.74) is 1.44. The number of anilines is 1. The van der Waals surface area contributed by atoms with E-state index in [1.807, 2.05) is 12.1 Å². The molecule has 1 N–H and O–H groups in total. The lowest BCUT2D eigenvalue weighted by Crippen LogP contribution is -2.36. The second-order valence-electron chi connectivity index (χ2n) is 6.07. The van der Waals surface area contributed by atoms with Crippen LogP contribution < -0.4 is 4.90 Å². The van der Waals surface area contributed by atoms with Gasteiger partial charge in [0, 0.05) is 49.8 Å². The van der Waals surface area contributed by atoms with Crippen molar-refractivity contribution < 1.29 is 19.4 Å². The fourth-order valence-electron chi connectivity index (χ4n) is 3.06. The molecule has 2 heterocycles. The summed E-state index contributed by atoms with van der Waals surface area (Å²) in [5.74, 6) is 0.0377. The van der Waals surface area contributed by atoms with Crippen LogP contribution in [0.1, 0.15) is 23.2 Å². The highest BCUT2D eigenvalue weighted by molar-refractivity contribution is 5.97. The highest BCUT2D eigenvalue weighted by Gasteiger charge is 2.24. The molecule has 2 amide bonds. The van der Waals surface area contributed by atoms with E-state index in [9.17, 15) is 14.7 Å². The molecule has 1 aromatic rings. The van der Waals surface area contributed by atoms with Crippen molar-refractivity contribution in [1.82, 2.24) is 4.90 Å². The van der Waals surface area contributed by atoms with Crippen molar-refractivity contribution in [2.24, 2.45) is 5.92 Å². The number of ether oxygens (including phenoxy) is 1. The van der Waals surface area contributed by atoms with Gasteiger partial charge in [0.2, 0.25) is 5.91 Å². The summed E-state index contributed by atoms with van der Waals surface area (Å²) in [6.07, 6.45) is 1.48. The van der Waals surface area contributed by atoms with Gasteiger partial charge >= 0.3 is 0 Å². The first-order valence-electron chi connectivity index (χ1n) is 8.07. The van der Waals surface area contributed by atoms with Crippen molar-refractivity contribution >= 4 is 17.5 Å². The topological polar surface area (TPSA) is 70.1 Å².